The quantitative estimate of drug-likeness (QED) is 0.312. The highest BCUT2D eigenvalue weighted by Crippen LogP contribution is 2.41. The van der Waals surface area contributed by atoms with Crippen LogP contribution in [0.1, 0.15) is 81.3 Å². The second-order valence-corrected chi connectivity index (χ2v) is 11.8. The highest BCUT2D eigenvalue weighted by atomic mass is 19.4. The molecule has 2 aliphatic heterocycles. The van der Waals surface area contributed by atoms with Crippen LogP contribution in [-0.4, -0.2) is 47.2 Å². The van der Waals surface area contributed by atoms with Gasteiger partial charge in [0.15, 0.2) is 0 Å². The van der Waals surface area contributed by atoms with E-state index in [0.29, 0.717) is 40.9 Å². The molecule has 218 valence electrons. The molecule has 3 aromatic rings. The summed E-state index contributed by atoms with van der Waals surface area (Å²) in [4.78, 5) is 20.3. The lowest BCUT2D eigenvalue weighted by atomic mass is 9.78. The van der Waals surface area contributed by atoms with E-state index < -0.39 is 30.1 Å². The number of fused-ring (bicyclic) bond motifs is 1. The lowest BCUT2D eigenvalue weighted by Crippen LogP contribution is -2.44. The topological polar surface area (TPSA) is 63.7 Å². The van der Waals surface area contributed by atoms with E-state index in [4.69, 9.17) is 14.3 Å². The van der Waals surface area contributed by atoms with Crippen LogP contribution in [0.4, 0.5) is 19.0 Å². The Morgan fingerprint density at radius 1 is 1.05 bits per heavy atom. The fourth-order valence-corrected chi connectivity index (χ4v) is 5.56. The number of hydrogen-bond donors (Lipinski definition) is 1. The van der Waals surface area contributed by atoms with Crippen molar-refractivity contribution in [1.82, 2.24) is 9.88 Å². The van der Waals surface area contributed by atoms with Gasteiger partial charge in [-0.2, -0.15) is 13.2 Å². The predicted octanol–water partition coefficient (Wildman–Crippen LogP) is 6.57. The average Bonchev–Trinajstić information content (AvgIpc) is 3.56. The number of pyridine rings is 1. The molecule has 0 saturated carbocycles. The number of halogens is 3. The largest absolute Gasteiger partial charge is 0.494 e. The summed E-state index contributed by atoms with van der Waals surface area (Å²) < 4.78 is 51.8. The van der Waals surface area contributed by atoms with Crippen LogP contribution in [0.25, 0.3) is 10.9 Å². The van der Waals surface area contributed by atoms with Gasteiger partial charge in [0, 0.05) is 25.0 Å². The molecule has 1 unspecified atom stereocenters. The van der Waals surface area contributed by atoms with Crippen LogP contribution in [0.2, 0.25) is 0 Å². The van der Waals surface area contributed by atoms with Gasteiger partial charge in [0.05, 0.1) is 27.8 Å². The Balaban J connectivity index is 1.45. The highest BCUT2D eigenvalue weighted by Gasteiger charge is 2.54. The molecule has 1 amide bonds. The number of nitrogens with one attached hydrogen (secondary N) is 1. The van der Waals surface area contributed by atoms with Gasteiger partial charge in [-0.05, 0) is 75.3 Å². The lowest BCUT2D eigenvalue weighted by molar-refractivity contribution is -0.137. The zero-order chi connectivity index (χ0) is 29.4. The number of rotatable bonds is 8. The molecule has 2 aliphatic rings. The Hall–Kier alpha value is -3.11. The highest BCUT2D eigenvalue weighted by molar-refractivity contribution is 6.62. The molecule has 0 aliphatic carbocycles. The van der Waals surface area contributed by atoms with Crippen molar-refractivity contribution in [3.63, 3.8) is 0 Å². The number of carbonyl (C=O) groups is 1. The summed E-state index contributed by atoms with van der Waals surface area (Å²) in [6, 6.07) is 12.5. The summed E-state index contributed by atoms with van der Waals surface area (Å²) in [5.74, 6) is 0.417. The van der Waals surface area contributed by atoms with Crippen LogP contribution < -0.4 is 10.8 Å². The molecule has 3 heterocycles. The first kappa shape index (κ1) is 29.4. The molecule has 41 heavy (non-hydrogen) atoms. The number of anilines is 1. The third kappa shape index (κ3) is 6.09. The molecule has 2 fully saturated rings. The van der Waals surface area contributed by atoms with Crippen molar-refractivity contribution in [3.05, 3.63) is 65.2 Å². The summed E-state index contributed by atoms with van der Waals surface area (Å²) >= 11 is 0. The van der Waals surface area contributed by atoms with E-state index in [1.54, 1.807) is 6.07 Å². The molecule has 5 rings (SSSR count). The number of carbonyl (C=O) groups excluding carboxylic acids is 1. The number of likely N-dealkylation sites (tertiary alicyclic amines) is 1. The van der Waals surface area contributed by atoms with E-state index in [-0.39, 0.29) is 12.5 Å². The van der Waals surface area contributed by atoms with Crippen molar-refractivity contribution in [2.24, 2.45) is 0 Å². The molecule has 1 atom stereocenters. The van der Waals surface area contributed by atoms with Gasteiger partial charge in [-0.3, -0.25) is 4.79 Å². The summed E-state index contributed by atoms with van der Waals surface area (Å²) in [6.07, 6.45) is 0.540. The van der Waals surface area contributed by atoms with Crippen molar-refractivity contribution < 1.29 is 27.3 Å². The van der Waals surface area contributed by atoms with Crippen molar-refractivity contribution >= 4 is 35.2 Å². The maximum atomic E-state index is 13.7. The standard InChI is InChI=1S/C31H37BF3N3O3/c1-5-6-15-30(4)29(2,3)40-32(41-30)23-13-14-26-24(18-23)25(28(39)38-16-7-8-17-38)19-27(37-26)36-20-21-9-11-22(12-10-21)31(33,34)35/h9-14,18-19H,5-8,15-17,20H2,1-4H3,(H,36,37). The summed E-state index contributed by atoms with van der Waals surface area (Å²) in [7, 11) is -0.566. The molecular formula is C31H37BF3N3O3. The number of unbranched alkanes of at least 4 members (excludes halogenated alkanes) is 1. The predicted molar refractivity (Wildman–Crippen MR) is 155 cm³/mol. The van der Waals surface area contributed by atoms with Crippen LogP contribution >= 0.6 is 0 Å². The Kier molecular flexibility index (Phi) is 8.09. The van der Waals surface area contributed by atoms with E-state index >= 15 is 0 Å². The minimum Gasteiger partial charge on any atom is -0.399 e. The van der Waals surface area contributed by atoms with Gasteiger partial charge in [-0.1, -0.05) is 44.0 Å². The number of hydrogen-bond acceptors (Lipinski definition) is 5. The van der Waals surface area contributed by atoms with Gasteiger partial charge in [-0.25, -0.2) is 4.98 Å². The van der Waals surface area contributed by atoms with Gasteiger partial charge in [0.1, 0.15) is 5.82 Å². The number of amides is 1. The number of nitrogens with zero attached hydrogens (tertiary/aromatic N) is 2. The zero-order valence-electron chi connectivity index (χ0n) is 24.1. The maximum absolute atomic E-state index is 13.7. The van der Waals surface area contributed by atoms with E-state index in [1.807, 2.05) is 23.1 Å². The first-order valence-electron chi connectivity index (χ1n) is 14.4. The third-order valence-corrected chi connectivity index (χ3v) is 8.53. The second kappa shape index (κ2) is 11.3. The van der Waals surface area contributed by atoms with E-state index in [1.165, 1.54) is 12.1 Å². The lowest BCUT2D eigenvalue weighted by Gasteiger charge is -2.36. The number of aromatic nitrogens is 1. The monoisotopic (exact) mass is 567 g/mol. The van der Waals surface area contributed by atoms with Gasteiger partial charge in [0.25, 0.3) is 5.91 Å². The molecule has 1 aromatic heterocycles. The van der Waals surface area contributed by atoms with Crippen LogP contribution in [-0.2, 0) is 22.0 Å². The van der Waals surface area contributed by atoms with Gasteiger partial charge >= 0.3 is 13.3 Å². The maximum Gasteiger partial charge on any atom is 0.494 e. The van der Waals surface area contributed by atoms with Crippen molar-refractivity contribution in [2.45, 2.75) is 83.7 Å². The first-order valence-corrected chi connectivity index (χ1v) is 14.4. The fourth-order valence-electron chi connectivity index (χ4n) is 5.56. The average molecular weight is 567 g/mol. The molecule has 2 saturated heterocycles. The van der Waals surface area contributed by atoms with E-state index in [9.17, 15) is 18.0 Å². The molecule has 1 N–H and O–H groups in total. The fraction of sp³-hybridized carbons (Fsp3) is 0.484. The Morgan fingerprint density at radius 2 is 1.76 bits per heavy atom. The summed E-state index contributed by atoms with van der Waals surface area (Å²) in [5.41, 5.74) is 1.05. The third-order valence-electron chi connectivity index (χ3n) is 8.53. The molecule has 10 heteroatoms. The minimum absolute atomic E-state index is 0.0639. The molecule has 0 radical (unpaired) electrons. The van der Waals surface area contributed by atoms with Crippen LogP contribution in [0.5, 0.6) is 0 Å². The van der Waals surface area contributed by atoms with E-state index in [2.05, 4.69) is 33.0 Å². The summed E-state index contributed by atoms with van der Waals surface area (Å²) in [5, 5.41) is 3.91. The zero-order valence-corrected chi connectivity index (χ0v) is 24.1. The summed E-state index contributed by atoms with van der Waals surface area (Å²) in [6.45, 7) is 10.0. The van der Waals surface area contributed by atoms with Crippen molar-refractivity contribution in [3.8, 4) is 0 Å². The van der Waals surface area contributed by atoms with Gasteiger partial charge in [0.2, 0.25) is 0 Å². The van der Waals surface area contributed by atoms with Crippen molar-refractivity contribution in [1.29, 1.82) is 0 Å². The molecular weight excluding hydrogens is 530 g/mol. The molecule has 2 aromatic carbocycles. The smallest absolute Gasteiger partial charge is 0.399 e. The molecule has 0 bridgehead atoms. The number of benzene rings is 2. The van der Waals surface area contributed by atoms with Crippen LogP contribution in [0, 0.1) is 0 Å². The van der Waals surface area contributed by atoms with Gasteiger partial charge < -0.3 is 19.5 Å². The normalized spacial score (nSPS) is 20.7. The van der Waals surface area contributed by atoms with Crippen LogP contribution in [0.15, 0.2) is 48.5 Å². The van der Waals surface area contributed by atoms with Crippen molar-refractivity contribution in [2.75, 3.05) is 18.4 Å². The number of alkyl halides is 3. The Labute approximate surface area is 239 Å². The SMILES string of the molecule is CCCCC1(C)OB(c2ccc3nc(NCc4ccc(C(F)(F)F)cc4)cc(C(=O)N4CCCC4)c3c2)OC1(C)C. The Morgan fingerprint density at radius 3 is 2.41 bits per heavy atom. The van der Waals surface area contributed by atoms with Gasteiger partial charge in [-0.15, -0.1) is 0 Å². The molecule has 6 nitrogen and oxygen atoms in total. The minimum atomic E-state index is -4.38. The molecule has 0 spiro atoms. The second-order valence-electron chi connectivity index (χ2n) is 11.8. The van der Waals surface area contributed by atoms with E-state index in [0.717, 1.165) is 49.7 Å². The Bertz CT molecular complexity index is 1410. The first-order chi connectivity index (χ1) is 19.4. The van der Waals surface area contributed by atoms with Crippen LogP contribution in [0.3, 0.4) is 0 Å².